The minimum absolute atomic E-state index is 0.0425. The van der Waals surface area contributed by atoms with Gasteiger partial charge in [0.05, 0.1) is 0 Å². The molecule has 2 atom stereocenters. The largest absolute Gasteiger partial charge is 0.368 e. The van der Waals surface area contributed by atoms with E-state index in [9.17, 15) is 9.18 Å². The SMILES string of the molecule is C=C(C(N)=O)c1cccc(CNc2ccnc3c(C(C)C)c(NC[C@H]4CCNC[C@@H]4F)nn23)c1. The van der Waals surface area contributed by atoms with Crippen molar-refractivity contribution in [2.24, 2.45) is 11.7 Å². The van der Waals surface area contributed by atoms with Crippen LogP contribution in [0.4, 0.5) is 16.0 Å². The summed E-state index contributed by atoms with van der Waals surface area (Å²) in [7, 11) is 0. The predicted octanol–water partition coefficient (Wildman–Crippen LogP) is 3.32. The van der Waals surface area contributed by atoms with Crippen molar-refractivity contribution in [2.45, 2.75) is 38.9 Å². The van der Waals surface area contributed by atoms with Gasteiger partial charge in [-0.2, -0.15) is 4.52 Å². The lowest BCUT2D eigenvalue weighted by Crippen LogP contribution is -2.40. The first-order valence-corrected chi connectivity index (χ1v) is 11.6. The van der Waals surface area contributed by atoms with Gasteiger partial charge in [-0.1, -0.05) is 38.6 Å². The highest BCUT2D eigenvalue weighted by molar-refractivity contribution is 6.17. The number of hydrogen-bond acceptors (Lipinski definition) is 6. The first-order chi connectivity index (χ1) is 16.3. The van der Waals surface area contributed by atoms with Gasteiger partial charge in [0, 0.05) is 42.9 Å². The summed E-state index contributed by atoms with van der Waals surface area (Å²) in [6, 6.07) is 9.40. The van der Waals surface area contributed by atoms with E-state index in [2.05, 4.69) is 41.4 Å². The van der Waals surface area contributed by atoms with E-state index in [1.165, 1.54) is 0 Å². The van der Waals surface area contributed by atoms with Crippen molar-refractivity contribution in [3.63, 3.8) is 0 Å². The number of anilines is 2. The Labute approximate surface area is 198 Å². The minimum atomic E-state index is -0.863. The van der Waals surface area contributed by atoms with E-state index in [0.717, 1.165) is 41.4 Å². The average Bonchev–Trinajstić information content (AvgIpc) is 3.21. The first kappa shape index (κ1) is 23.7. The highest BCUT2D eigenvalue weighted by Crippen LogP contribution is 2.30. The number of carbonyl (C=O) groups excluding carboxylic acids is 1. The number of alkyl halides is 1. The summed E-state index contributed by atoms with van der Waals surface area (Å²) < 4.78 is 16.1. The van der Waals surface area contributed by atoms with E-state index in [4.69, 9.17) is 10.8 Å². The van der Waals surface area contributed by atoms with Gasteiger partial charge in [-0.3, -0.25) is 4.79 Å². The molecule has 34 heavy (non-hydrogen) atoms. The van der Waals surface area contributed by atoms with Crippen LogP contribution in [-0.2, 0) is 11.3 Å². The molecule has 180 valence electrons. The number of nitrogens with two attached hydrogens (primary N) is 1. The third-order valence-electron chi connectivity index (χ3n) is 6.25. The molecule has 1 fully saturated rings. The smallest absolute Gasteiger partial charge is 0.248 e. The number of halogens is 1. The maximum absolute atomic E-state index is 14.3. The highest BCUT2D eigenvalue weighted by atomic mass is 19.1. The Hall–Kier alpha value is -3.46. The van der Waals surface area contributed by atoms with Crippen LogP contribution in [0.1, 0.15) is 42.9 Å². The molecule has 5 N–H and O–H groups in total. The fourth-order valence-electron chi connectivity index (χ4n) is 4.30. The number of primary amides is 1. The quantitative estimate of drug-likeness (QED) is 0.361. The zero-order chi connectivity index (χ0) is 24.2. The Morgan fingerprint density at radius 1 is 1.35 bits per heavy atom. The molecule has 2 aromatic heterocycles. The molecule has 3 heterocycles. The third-order valence-corrected chi connectivity index (χ3v) is 6.25. The lowest BCUT2D eigenvalue weighted by atomic mass is 9.96. The molecular weight excluding hydrogens is 433 g/mol. The number of aromatic nitrogens is 3. The van der Waals surface area contributed by atoms with Crippen molar-refractivity contribution < 1.29 is 9.18 Å². The van der Waals surface area contributed by atoms with Crippen molar-refractivity contribution in [3.8, 4) is 0 Å². The predicted molar refractivity (Wildman–Crippen MR) is 133 cm³/mol. The fourth-order valence-corrected chi connectivity index (χ4v) is 4.30. The van der Waals surface area contributed by atoms with E-state index in [-0.39, 0.29) is 17.4 Å². The Bertz CT molecular complexity index is 1190. The van der Waals surface area contributed by atoms with Crippen LogP contribution in [0.3, 0.4) is 0 Å². The van der Waals surface area contributed by atoms with Crippen LogP contribution >= 0.6 is 0 Å². The number of hydrogen-bond donors (Lipinski definition) is 4. The molecule has 0 saturated carbocycles. The second kappa shape index (κ2) is 10.2. The van der Waals surface area contributed by atoms with Gasteiger partial charge in [0.1, 0.15) is 12.0 Å². The molecule has 4 rings (SSSR count). The zero-order valence-electron chi connectivity index (χ0n) is 19.6. The van der Waals surface area contributed by atoms with E-state index in [1.807, 2.05) is 30.3 Å². The van der Waals surface area contributed by atoms with E-state index >= 15 is 0 Å². The number of nitrogens with zero attached hydrogens (tertiary/aromatic N) is 3. The van der Waals surface area contributed by atoms with Crippen molar-refractivity contribution >= 4 is 28.8 Å². The lowest BCUT2D eigenvalue weighted by Gasteiger charge is -2.26. The summed E-state index contributed by atoms with van der Waals surface area (Å²) >= 11 is 0. The van der Waals surface area contributed by atoms with Crippen molar-refractivity contribution in [1.29, 1.82) is 0 Å². The van der Waals surface area contributed by atoms with Crippen LogP contribution in [0.2, 0.25) is 0 Å². The molecule has 1 aliphatic heterocycles. The topological polar surface area (TPSA) is 109 Å². The number of rotatable bonds is 9. The first-order valence-electron chi connectivity index (χ1n) is 11.6. The van der Waals surface area contributed by atoms with Crippen LogP contribution < -0.4 is 21.7 Å². The van der Waals surface area contributed by atoms with Crippen LogP contribution in [0.5, 0.6) is 0 Å². The van der Waals surface area contributed by atoms with Gasteiger partial charge >= 0.3 is 0 Å². The van der Waals surface area contributed by atoms with Gasteiger partial charge < -0.3 is 21.7 Å². The van der Waals surface area contributed by atoms with Gasteiger partial charge in [-0.15, -0.1) is 5.10 Å². The fraction of sp³-hybridized carbons (Fsp3) is 0.400. The molecule has 8 nitrogen and oxygen atoms in total. The number of nitrogens with one attached hydrogen (secondary N) is 3. The summed E-state index contributed by atoms with van der Waals surface area (Å²) in [5.74, 6) is 1.13. The Kier molecular flexibility index (Phi) is 7.12. The molecule has 0 unspecified atom stereocenters. The number of carbonyl (C=O) groups is 1. The summed E-state index contributed by atoms with van der Waals surface area (Å²) in [4.78, 5) is 16.0. The molecule has 1 saturated heterocycles. The van der Waals surface area contributed by atoms with Crippen molar-refractivity contribution in [1.82, 2.24) is 19.9 Å². The third kappa shape index (κ3) is 5.04. The molecule has 1 aliphatic rings. The van der Waals surface area contributed by atoms with Crippen molar-refractivity contribution in [3.05, 3.63) is 59.8 Å². The summed E-state index contributed by atoms with van der Waals surface area (Å²) in [6.07, 6.45) is 1.69. The van der Waals surface area contributed by atoms with Gasteiger partial charge in [0.15, 0.2) is 11.5 Å². The number of piperidine rings is 1. The van der Waals surface area contributed by atoms with E-state index in [0.29, 0.717) is 25.2 Å². The van der Waals surface area contributed by atoms with E-state index in [1.54, 1.807) is 10.7 Å². The average molecular weight is 466 g/mol. The monoisotopic (exact) mass is 465 g/mol. The Morgan fingerprint density at radius 3 is 2.91 bits per heavy atom. The Balaban J connectivity index is 1.56. The second-order valence-corrected chi connectivity index (χ2v) is 9.03. The minimum Gasteiger partial charge on any atom is -0.368 e. The van der Waals surface area contributed by atoms with E-state index < -0.39 is 12.1 Å². The van der Waals surface area contributed by atoms with Crippen LogP contribution in [-0.4, -0.2) is 46.3 Å². The maximum Gasteiger partial charge on any atom is 0.248 e. The van der Waals surface area contributed by atoms with Gasteiger partial charge in [-0.25, -0.2) is 9.37 Å². The molecule has 0 bridgehead atoms. The molecule has 0 spiro atoms. The Morgan fingerprint density at radius 2 is 2.18 bits per heavy atom. The van der Waals surface area contributed by atoms with Crippen LogP contribution in [0.25, 0.3) is 11.2 Å². The standard InChI is InChI=1S/C25H32FN7O/c1-15(2)22-24(31-13-19-7-9-28-14-20(19)26)32-33-21(8-10-29-25(22)33)30-12-17-5-4-6-18(11-17)16(3)23(27)34/h4-6,8,10-11,15,19-20,28,30H,3,7,9,12-14H2,1-2H3,(H2,27,34)(H,31,32)/t19-,20+/m1/s1. The normalized spacial score (nSPS) is 18.2. The summed E-state index contributed by atoms with van der Waals surface area (Å²) in [6.45, 7) is 10.2. The highest BCUT2D eigenvalue weighted by Gasteiger charge is 2.26. The summed E-state index contributed by atoms with van der Waals surface area (Å²) in [5.41, 5.74) is 9.08. The number of benzene rings is 1. The van der Waals surface area contributed by atoms with Gasteiger partial charge in [0.25, 0.3) is 0 Å². The molecule has 1 amide bonds. The second-order valence-electron chi connectivity index (χ2n) is 9.03. The molecule has 1 aromatic carbocycles. The van der Waals surface area contributed by atoms with Crippen LogP contribution in [0.15, 0.2) is 43.1 Å². The summed E-state index contributed by atoms with van der Waals surface area (Å²) in [5, 5.41) is 14.7. The number of amides is 1. The number of fused-ring (bicyclic) bond motifs is 1. The molecular formula is C25H32FN7O. The molecule has 3 aromatic rings. The molecule has 0 aliphatic carbocycles. The van der Waals surface area contributed by atoms with Gasteiger partial charge in [-0.05, 0) is 42.1 Å². The van der Waals surface area contributed by atoms with Crippen molar-refractivity contribution in [2.75, 3.05) is 30.3 Å². The van der Waals surface area contributed by atoms with Crippen LogP contribution in [0, 0.1) is 5.92 Å². The maximum atomic E-state index is 14.3. The van der Waals surface area contributed by atoms with Gasteiger partial charge in [0.2, 0.25) is 5.91 Å². The zero-order valence-corrected chi connectivity index (χ0v) is 19.6. The molecule has 9 heteroatoms. The molecule has 0 radical (unpaired) electrons. The lowest BCUT2D eigenvalue weighted by molar-refractivity contribution is -0.112.